The van der Waals surface area contributed by atoms with Crippen molar-refractivity contribution in [1.82, 2.24) is 4.90 Å². The number of ketones is 1. The maximum atomic E-state index is 12.7. The molecule has 1 N–H and O–H groups in total. The molecule has 3 fully saturated rings. The zero-order valence-electron chi connectivity index (χ0n) is 12.5. The molecular weight excluding hydrogens is 282 g/mol. The third-order valence-electron chi connectivity index (χ3n) is 5.09. The largest absolute Gasteiger partial charge is 0.482 e. The highest BCUT2D eigenvalue weighted by Crippen LogP contribution is 2.29. The molecule has 0 atom stereocenters. The molecule has 0 aliphatic carbocycles. The number of piperazine rings is 3. The van der Waals surface area contributed by atoms with Gasteiger partial charge in [-0.3, -0.25) is 14.5 Å². The molecule has 6 heteroatoms. The molecule has 4 aliphatic rings. The summed E-state index contributed by atoms with van der Waals surface area (Å²) in [6.07, 6.45) is 0. The summed E-state index contributed by atoms with van der Waals surface area (Å²) in [6.45, 7) is 7.09. The zero-order chi connectivity index (χ0) is 15.2. The number of Topliss-reactive ketones (excluding diaryl/α,β-unsaturated/α-hetero) is 1. The Morgan fingerprint density at radius 2 is 1.95 bits per heavy atom. The molecule has 6 nitrogen and oxygen atoms in total. The van der Waals surface area contributed by atoms with Crippen LogP contribution in [0.2, 0.25) is 0 Å². The van der Waals surface area contributed by atoms with E-state index in [1.54, 1.807) is 18.2 Å². The lowest BCUT2D eigenvalue weighted by atomic mass is 10.0. The summed E-state index contributed by atoms with van der Waals surface area (Å²) >= 11 is 0. The molecule has 3 saturated heterocycles. The van der Waals surface area contributed by atoms with E-state index in [-0.39, 0.29) is 18.3 Å². The maximum Gasteiger partial charge on any atom is 0.262 e. The zero-order valence-corrected chi connectivity index (χ0v) is 12.5. The fraction of sp³-hybridized carbons (Fsp3) is 0.500. The van der Waals surface area contributed by atoms with Crippen LogP contribution in [0, 0.1) is 0 Å². The van der Waals surface area contributed by atoms with E-state index in [1.807, 2.05) is 0 Å². The second-order valence-corrected chi connectivity index (χ2v) is 6.48. The smallest absolute Gasteiger partial charge is 0.262 e. The van der Waals surface area contributed by atoms with Crippen LogP contribution in [0.15, 0.2) is 18.2 Å². The minimum Gasteiger partial charge on any atom is -0.482 e. The highest BCUT2D eigenvalue weighted by Gasteiger charge is 2.40. The SMILES string of the molecule is O=C1COc2ccc(C(=O)C[N+]34CCN(CC3)CC4)cc2N1. The number of benzene rings is 1. The second-order valence-electron chi connectivity index (χ2n) is 6.48. The first kappa shape index (κ1) is 13.7. The Labute approximate surface area is 129 Å². The number of amides is 1. The Kier molecular flexibility index (Phi) is 3.16. The van der Waals surface area contributed by atoms with Crippen LogP contribution in [0.3, 0.4) is 0 Å². The van der Waals surface area contributed by atoms with Gasteiger partial charge in [-0.05, 0) is 18.2 Å². The number of rotatable bonds is 3. The van der Waals surface area contributed by atoms with Crippen LogP contribution in [0.1, 0.15) is 10.4 Å². The van der Waals surface area contributed by atoms with Crippen molar-refractivity contribution in [3.63, 3.8) is 0 Å². The third kappa shape index (κ3) is 2.38. The van der Waals surface area contributed by atoms with Gasteiger partial charge in [-0.2, -0.15) is 0 Å². The molecular formula is C16H20N3O3+. The number of hydrogen-bond donors (Lipinski definition) is 1. The Bertz CT molecular complexity index is 622. The fourth-order valence-electron chi connectivity index (χ4n) is 3.62. The van der Waals surface area contributed by atoms with Crippen molar-refractivity contribution in [2.45, 2.75) is 0 Å². The molecule has 1 aromatic carbocycles. The van der Waals surface area contributed by atoms with Gasteiger partial charge in [0.05, 0.1) is 25.3 Å². The number of nitrogens with zero attached hydrogens (tertiary/aromatic N) is 2. The summed E-state index contributed by atoms with van der Waals surface area (Å²) in [5, 5.41) is 2.76. The molecule has 2 bridgehead atoms. The number of hydrogen-bond acceptors (Lipinski definition) is 4. The van der Waals surface area contributed by atoms with Gasteiger partial charge in [0.1, 0.15) is 12.3 Å². The fourth-order valence-corrected chi connectivity index (χ4v) is 3.62. The molecule has 0 aromatic heterocycles. The van der Waals surface area contributed by atoms with Gasteiger partial charge >= 0.3 is 0 Å². The first-order valence-corrected chi connectivity index (χ1v) is 7.81. The van der Waals surface area contributed by atoms with Crippen molar-refractivity contribution < 1.29 is 18.8 Å². The van der Waals surface area contributed by atoms with Gasteiger partial charge in [0.25, 0.3) is 5.91 Å². The van der Waals surface area contributed by atoms with E-state index in [0.717, 1.165) is 43.8 Å². The normalized spacial score (nSPS) is 29.5. The van der Waals surface area contributed by atoms with Crippen molar-refractivity contribution in [3.05, 3.63) is 23.8 Å². The average molecular weight is 302 g/mol. The average Bonchev–Trinajstić information content (AvgIpc) is 2.55. The molecule has 5 rings (SSSR count). The van der Waals surface area contributed by atoms with E-state index >= 15 is 0 Å². The Hall–Kier alpha value is -1.92. The van der Waals surface area contributed by atoms with Gasteiger partial charge in [0.15, 0.2) is 6.61 Å². The Morgan fingerprint density at radius 1 is 1.23 bits per heavy atom. The molecule has 4 aliphatic heterocycles. The number of ether oxygens (including phenoxy) is 1. The van der Waals surface area contributed by atoms with Crippen LogP contribution < -0.4 is 10.1 Å². The lowest BCUT2D eigenvalue weighted by Crippen LogP contribution is -2.68. The molecule has 0 saturated carbocycles. The lowest BCUT2D eigenvalue weighted by Gasteiger charge is -2.50. The number of nitrogens with one attached hydrogen (secondary N) is 1. The Morgan fingerprint density at radius 3 is 2.68 bits per heavy atom. The van der Waals surface area contributed by atoms with Gasteiger partial charge in [0, 0.05) is 25.2 Å². The molecule has 1 amide bonds. The van der Waals surface area contributed by atoms with Crippen LogP contribution >= 0.6 is 0 Å². The second kappa shape index (κ2) is 5.07. The molecule has 22 heavy (non-hydrogen) atoms. The van der Waals surface area contributed by atoms with Gasteiger partial charge in [-0.1, -0.05) is 0 Å². The van der Waals surface area contributed by atoms with E-state index in [0.29, 0.717) is 23.5 Å². The van der Waals surface area contributed by atoms with Crippen LogP contribution in [-0.2, 0) is 4.79 Å². The minimum atomic E-state index is -0.175. The van der Waals surface area contributed by atoms with E-state index in [9.17, 15) is 9.59 Å². The van der Waals surface area contributed by atoms with Gasteiger partial charge in [-0.25, -0.2) is 0 Å². The summed E-state index contributed by atoms with van der Waals surface area (Å²) in [5.41, 5.74) is 1.26. The molecule has 0 spiro atoms. The number of fused-ring (bicyclic) bond motifs is 4. The highest BCUT2D eigenvalue weighted by molar-refractivity contribution is 6.01. The lowest BCUT2D eigenvalue weighted by molar-refractivity contribution is -0.933. The van der Waals surface area contributed by atoms with Crippen LogP contribution in [-0.4, -0.2) is 73.5 Å². The standard InChI is InChI=1S/C16H19N3O3/c20-14(10-19-6-3-18(4-7-19)5-8-19)12-1-2-15-13(9-12)17-16(21)11-22-15/h1-2,9H,3-8,10-11H2/p+1. The molecule has 4 heterocycles. The van der Waals surface area contributed by atoms with E-state index in [2.05, 4.69) is 10.2 Å². The van der Waals surface area contributed by atoms with E-state index in [4.69, 9.17) is 4.74 Å². The van der Waals surface area contributed by atoms with Crippen molar-refractivity contribution in [3.8, 4) is 5.75 Å². The van der Waals surface area contributed by atoms with E-state index in [1.165, 1.54) is 0 Å². The predicted molar refractivity (Wildman–Crippen MR) is 81.1 cm³/mol. The van der Waals surface area contributed by atoms with Crippen molar-refractivity contribution in [2.75, 3.05) is 57.7 Å². The summed E-state index contributed by atoms with van der Waals surface area (Å²) in [5.74, 6) is 0.610. The van der Waals surface area contributed by atoms with Gasteiger partial charge in [-0.15, -0.1) is 0 Å². The van der Waals surface area contributed by atoms with Crippen LogP contribution in [0.5, 0.6) is 5.75 Å². The Balaban J connectivity index is 1.53. The van der Waals surface area contributed by atoms with Crippen molar-refractivity contribution in [1.29, 1.82) is 0 Å². The quantitative estimate of drug-likeness (QED) is 0.646. The number of carbonyl (C=O) groups is 2. The first-order chi connectivity index (χ1) is 10.6. The highest BCUT2D eigenvalue weighted by atomic mass is 16.5. The summed E-state index contributed by atoms with van der Waals surface area (Å²) in [6, 6.07) is 5.32. The maximum absolute atomic E-state index is 12.7. The topological polar surface area (TPSA) is 58.6 Å². The third-order valence-corrected chi connectivity index (χ3v) is 5.09. The first-order valence-electron chi connectivity index (χ1n) is 7.81. The minimum absolute atomic E-state index is 0.0385. The number of carbonyl (C=O) groups excluding carboxylic acids is 2. The molecule has 0 radical (unpaired) electrons. The van der Waals surface area contributed by atoms with Crippen LogP contribution in [0.4, 0.5) is 5.69 Å². The van der Waals surface area contributed by atoms with Gasteiger partial charge in [0.2, 0.25) is 5.78 Å². The molecule has 0 unspecified atom stereocenters. The number of anilines is 1. The summed E-state index contributed by atoms with van der Waals surface area (Å²) < 4.78 is 6.25. The summed E-state index contributed by atoms with van der Waals surface area (Å²) in [7, 11) is 0. The molecule has 1 aromatic rings. The monoisotopic (exact) mass is 302 g/mol. The molecule has 116 valence electrons. The van der Waals surface area contributed by atoms with Gasteiger partial charge < -0.3 is 14.5 Å². The van der Waals surface area contributed by atoms with Crippen molar-refractivity contribution in [2.24, 2.45) is 0 Å². The number of quaternary nitrogens is 1. The van der Waals surface area contributed by atoms with Crippen molar-refractivity contribution >= 4 is 17.4 Å². The predicted octanol–water partition coefficient (Wildman–Crippen LogP) is 0.346. The van der Waals surface area contributed by atoms with E-state index < -0.39 is 0 Å². The summed E-state index contributed by atoms with van der Waals surface area (Å²) in [4.78, 5) is 26.5. The van der Waals surface area contributed by atoms with Crippen LogP contribution in [0.25, 0.3) is 0 Å².